The Morgan fingerprint density at radius 1 is 1.14 bits per heavy atom. The van der Waals surface area contributed by atoms with Gasteiger partial charge in [0.2, 0.25) is 0 Å². The summed E-state index contributed by atoms with van der Waals surface area (Å²) in [6, 6.07) is 0. The van der Waals surface area contributed by atoms with E-state index in [1.54, 1.807) is 0 Å². The summed E-state index contributed by atoms with van der Waals surface area (Å²) in [6.07, 6.45) is 11.0. The molecule has 4 aliphatic carbocycles. The quantitative estimate of drug-likeness (QED) is 0.611. The number of allylic oxidation sites excluding steroid dienone is 1. The highest BCUT2D eigenvalue weighted by atomic mass is 16.1. The Hall–Kier alpha value is -0.590. The second kappa shape index (κ2) is 4.70. The van der Waals surface area contributed by atoms with Gasteiger partial charge < -0.3 is 0 Å². The van der Waals surface area contributed by atoms with E-state index >= 15 is 0 Å². The number of ketones is 1. The summed E-state index contributed by atoms with van der Waals surface area (Å²) < 4.78 is 0. The van der Waals surface area contributed by atoms with E-state index in [2.05, 4.69) is 20.8 Å². The summed E-state index contributed by atoms with van der Waals surface area (Å²) >= 11 is 0. The maximum atomic E-state index is 11.8. The van der Waals surface area contributed by atoms with Crippen LogP contribution in [0.4, 0.5) is 0 Å². The maximum absolute atomic E-state index is 11.8. The molecule has 3 saturated carbocycles. The maximum Gasteiger partial charge on any atom is 0.155 e. The Morgan fingerprint density at radius 3 is 2.76 bits per heavy atom. The molecule has 0 radical (unpaired) electrons. The number of fused-ring (bicyclic) bond motifs is 5. The van der Waals surface area contributed by atoms with Crippen LogP contribution >= 0.6 is 0 Å². The summed E-state index contributed by atoms with van der Waals surface area (Å²) in [5, 5.41) is 0. The van der Waals surface area contributed by atoms with Gasteiger partial charge in [0.05, 0.1) is 0 Å². The van der Waals surface area contributed by atoms with E-state index in [0.29, 0.717) is 11.2 Å². The van der Waals surface area contributed by atoms with Crippen LogP contribution in [-0.2, 0) is 4.79 Å². The number of hydrogen-bond donors (Lipinski definition) is 0. The zero-order valence-electron chi connectivity index (χ0n) is 13.9. The Balaban J connectivity index is 1.68. The van der Waals surface area contributed by atoms with Crippen molar-refractivity contribution in [3.63, 3.8) is 0 Å². The van der Waals surface area contributed by atoms with Gasteiger partial charge in [-0.1, -0.05) is 26.3 Å². The van der Waals surface area contributed by atoms with Gasteiger partial charge in [-0.3, -0.25) is 4.79 Å². The predicted octanol–water partition coefficient (Wildman–Crippen LogP) is 5.01. The van der Waals surface area contributed by atoms with Crippen LogP contribution < -0.4 is 0 Å². The molecule has 4 unspecified atom stereocenters. The second-order valence-corrected chi connectivity index (χ2v) is 8.88. The zero-order valence-corrected chi connectivity index (χ0v) is 13.9. The van der Waals surface area contributed by atoms with E-state index in [1.807, 2.05) is 6.08 Å². The standard InChI is InChI=1S/C20H30O/c1-12-10-14-11-15(21)5-6-16(14)17-8-9-20(3)13(2)4-7-18(20)19(12)17/h11-13,16-19H,4-10H2,1-3H3/t12-,13+,16?,17?,18?,19?,20-/m1/s1. The molecular weight excluding hydrogens is 256 g/mol. The highest BCUT2D eigenvalue weighted by Crippen LogP contribution is 2.64. The topological polar surface area (TPSA) is 17.1 Å². The SMILES string of the molecule is C[C@@H]1CC2=CC(=O)CCC2C2CC[C@@]3(C)C(CC[C@@H]3C)C21. The van der Waals surface area contributed by atoms with Crippen molar-refractivity contribution in [3.8, 4) is 0 Å². The molecule has 4 rings (SSSR count). The van der Waals surface area contributed by atoms with Crippen LogP contribution in [0.25, 0.3) is 0 Å². The molecule has 116 valence electrons. The van der Waals surface area contributed by atoms with E-state index in [0.717, 1.165) is 48.3 Å². The first-order valence-corrected chi connectivity index (χ1v) is 9.24. The molecule has 1 heteroatoms. The molecule has 4 aliphatic rings. The molecule has 0 saturated heterocycles. The molecule has 0 heterocycles. The van der Waals surface area contributed by atoms with Gasteiger partial charge in [0.15, 0.2) is 5.78 Å². The molecule has 0 aromatic carbocycles. The Kier molecular flexibility index (Phi) is 3.14. The van der Waals surface area contributed by atoms with Crippen molar-refractivity contribution in [1.82, 2.24) is 0 Å². The highest BCUT2D eigenvalue weighted by molar-refractivity contribution is 5.91. The van der Waals surface area contributed by atoms with Gasteiger partial charge in [-0.25, -0.2) is 0 Å². The minimum Gasteiger partial charge on any atom is -0.295 e. The van der Waals surface area contributed by atoms with Crippen LogP contribution in [0, 0.1) is 40.9 Å². The van der Waals surface area contributed by atoms with Crippen molar-refractivity contribution in [2.24, 2.45) is 40.9 Å². The summed E-state index contributed by atoms with van der Waals surface area (Å²) in [6.45, 7) is 7.56. The first-order chi connectivity index (χ1) is 10.0. The number of hydrogen-bond acceptors (Lipinski definition) is 1. The second-order valence-electron chi connectivity index (χ2n) is 8.88. The van der Waals surface area contributed by atoms with Crippen LogP contribution in [0.2, 0.25) is 0 Å². The number of carbonyl (C=O) groups is 1. The van der Waals surface area contributed by atoms with Gasteiger partial charge in [0, 0.05) is 6.42 Å². The third-order valence-corrected chi connectivity index (χ3v) is 8.11. The fourth-order valence-corrected chi connectivity index (χ4v) is 6.85. The molecule has 0 aromatic rings. The Labute approximate surface area is 129 Å². The van der Waals surface area contributed by atoms with Crippen molar-refractivity contribution in [2.75, 3.05) is 0 Å². The lowest BCUT2D eigenvalue weighted by Gasteiger charge is -2.56. The molecule has 0 spiro atoms. The van der Waals surface area contributed by atoms with E-state index in [9.17, 15) is 4.79 Å². The van der Waals surface area contributed by atoms with E-state index < -0.39 is 0 Å². The molecule has 1 nitrogen and oxygen atoms in total. The predicted molar refractivity (Wildman–Crippen MR) is 85.8 cm³/mol. The van der Waals surface area contributed by atoms with Gasteiger partial charge in [0.1, 0.15) is 0 Å². The van der Waals surface area contributed by atoms with Crippen molar-refractivity contribution in [2.45, 2.75) is 65.7 Å². The minimum atomic E-state index is 0.391. The van der Waals surface area contributed by atoms with Gasteiger partial charge in [-0.15, -0.1) is 0 Å². The van der Waals surface area contributed by atoms with Gasteiger partial charge >= 0.3 is 0 Å². The molecule has 3 fully saturated rings. The van der Waals surface area contributed by atoms with Crippen molar-refractivity contribution >= 4 is 5.78 Å². The summed E-state index contributed by atoms with van der Waals surface area (Å²) in [4.78, 5) is 11.8. The van der Waals surface area contributed by atoms with E-state index in [1.165, 1.54) is 37.7 Å². The van der Waals surface area contributed by atoms with Gasteiger partial charge in [0.25, 0.3) is 0 Å². The fraction of sp³-hybridized carbons (Fsp3) is 0.850. The summed E-state index contributed by atoms with van der Waals surface area (Å²) in [7, 11) is 0. The number of rotatable bonds is 0. The smallest absolute Gasteiger partial charge is 0.155 e. The molecule has 0 N–H and O–H groups in total. The Bertz CT molecular complexity index is 490. The van der Waals surface area contributed by atoms with Crippen LogP contribution in [0.15, 0.2) is 11.6 Å². The average Bonchev–Trinajstić information content (AvgIpc) is 2.74. The molecule has 21 heavy (non-hydrogen) atoms. The van der Waals surface area contributed by atoms with E-state index in [4.69, 9.17) is 0 Å². The van der Waals surface area contributed by atoms with Crippen molar-refractivity contribution in [3.05, 3.63) is 11.6 Å². The van der Waals surface area contributed by atoms with Gasteiger partial charge in [-0.2, -0.15) is 0 Å². The lowest BCUT2D eigenvalue weighted by Crippen LogP contribution is -2.49. The van der Waals surface area contributed by atoms with E-state index in [-0.39, 0.29) is 0 Å². The third-order valence-electron chi connectivity index (χ3n) is 8.11. The summed E-state index contributed by atoms with van der Waals surface area (Å²) in [5.41, 5.74) is 2.14. The molecule has 7 atom stereocenters. The average molecular weight is 286 g/mol. The zero-order chi connectivity index (χ0) is 14.8. The molecular formula is C20H30O. The third kappa shape index (κ3) is 1.92. The monoisotopic (exact) mass is 286 g/mol. The van der Waals surface area contributed by atoms with Crippen LogP contribution in [-0.4, -0.2) is 5.78 Å². The van der Waals surface area contributed by atoms with Gasteiger partial charge in [-0.05, 0) is 85.5 Å². The molecule has 0 aliphatic heterocycles. The molecule has 0 aromatic heterocycles. The lowest BCUT2D eigenvalue weighted by molar-refractivity contribution is -0.116. The van der Waals surface area contributed by atoms with Crippen LogP contribution in [0.3, 0.4) is 0 Å². The van der Waals surface area contributed by atoms with Crippen LogP contribution in [0.5, 0.6) is 0 Å². The fourth-order valence-electron chi connectivity index (χ4n) is 6.85. The lowest BCUT2D eigenvalue weighted by atomic mass is 9.49. The first kappa shape index (κ1) is 14.0. The number of carbonyl (C=O) groups excluding carboxylic acids is 1. The normalized spacial score (nSPS) is 52.7. The first-order valence-electron chi connectivity index (χ1n) is 9.24. The molecule has 0 bridgehead atoms. The molecule has 0 amide bonds. The Morgan fingerprint density at radius 2 is 1.95 bits per heavy atom. The highest BCUT2D eigenvalue weighted by Gasteiger charge is 2.56. The largest absolute Gasteiger partial charge is 0.295 e. The van der Waals surface area contributed by atoms with Crippen molar-refractivity contribution in [1.29, 1.82) is 0 Å². The minimum absolute atomic E-state index is 0.391. The van der Waals surface area contributed by atoms with Crippen LogP contribution in [0.1, 0.15) is 65.7 Å². The van der Waals surface area contributed by atoms with Crippen molar-refractivity contribution < 1.29 is 4.79 Å². The summed E-state index contributed by atoms with van der Waals surface area (Å²) in [5.74, 6) is 5.63.